The summed E-state index contributed by atoms with van der Waals surface area (Å²) in [6, 6.07) is 1.85. The summed E-state index contributed by atoms with van der Waals surface area (Å²) in [6.45, 7) is 8.02. The van der Waals surface area contributed by atoms with E-state index in [1.807, 2.05) is 11.0 Å². The molecule has 0 spiro atoms. The average Bonchev–Trinajstić information content (AvgIpc) is 2.35. The number of nitrogens with zero attached hydrogens (tertiary/aromatic N) is 3. The van der Waals surface area contributed by atoms with Gasteiger partial charge < -0.3 is 16.0 Å². The maximum absolute atomic E-state index is 11.1. The number of anilines is 2. The van der Waals surface area contributed by atoms with Gasteiger partial charge in [-0.2, -0.15) is 0 Å². The molecule has 0 bridgehead atoms. The van der Waals surface area contributed by atoms with Crippen molar-refractivity contribution >= 4 is 17.5 Å². The van der Waals surface area contributed by atoms with E-state index in [-0.39, 0.29) is 12.5 Å². The molecule has 1 aromatic heterocycles. The summed E-state index contributed by atoms with van der Waals surface area (Å²) >= 11 is 0. The maximum Gasteiger partial charge on any atom is 0.236 e. The van der Waals surface area contributed by atoms with Crippen molar-refractivity contribution in [3.8, 4) is 0 Å². The van der Waals surface area contributed by atoms with E-state index in [1.54, 1.807) is 0 Å². The Morgan fingerprint density at radius 3 is 2.79 bits per heavy atom. The monoisotopic (exact) mass is 265 g/mol. The molecule has 6 nitrogen and oxygen atoms in total. The molecule has 0 aromatic carbocycles. The molecule has 1 rings (SSSR count). The van der Waals surface area contributed by atoms with E-state index in [0.29, 0.717) is 5.92 Å². The van der Waals surface area contributed by atoms with Crippen LogP contribution in [0.3, 0.4) is 0 Å². The molecular formula is C13H23N5O. The number of hydrogen-bond donors (Lipinski definition) is 2. The molecule has 0 atom stereocenters. The Morgan fingerprint density at radius 1 is 1.47 bits per heavy atom. The highest BCUT2D eigenvalue weighted by Crippen LogP contribution is 2.15. The van der Waals surface area contributed by atoms with E-state index < -0.39 is 0 Å². The van der Waals surface area contributed by atoms with E-state index in [0.717, 1.165) is 31.1 Å². The van der Waals surface area contributed by atoms with Gasteiger partial charge in [-0.15, -0.1) is 0 Å². The van der Waals surface area contributed by atoms with Gasteiger partial charge in [-0.25, -0.2) is 9.97 Å². The minimum atomic E-state index is -0.359. The van der Waals surface area contributed by atoms with Crippen LogP contribution in [0.1, 0.15) is 27.2 Å². The Labute approximate surface area is 114 Å². The minimum absolute atomic E-state index is 0.169. The van der Waals surface area contributed by atoms with Crippen molar-refractivity contribution in [1.29, 1.82) is 0 Å². The normalized spacial score (nSPS) is 10.5. The van der Waals surface area contributed by atoms with Gasteiger partial charge in [0.25, 0.3) is 0 Å². The lowest BCUT2D eigenvalue weighted by molar-refractivity contribution is -0.116. The quantitative estimate of drug-likeness (QED) is 0.739. The lowest BCUT2D eigenvalue weighted by Gasteiger charge is -2.24. The molecule has 6 heteroatoms. The van der Waals surface area contributed by atoms with Gasteiger partial charge in [0.15, 0.2) is 0 Å². The van der Waals surface area contributed by atoms with Crippen LogP contribution in [-0.4, -0.2) is 35.5 Å². The summed E-state index contributed by atoms with van der Waals surface area (Å²) in [5, 5.41) is 3.20. The molecule has 0 aliphatic carbocycles. The standard InChI is InChI=1S/C13H23N5O/c1-4-5-15-12-6-13(17-9-16-12)18(7-10(2)3)8-11(14)19/h6,9-10H,4-5,7-8H2,1-3H3,(H2,14,19)(H,15,16,17). The Bertz CT molecular complexity index is 408. The fourth-order valence-electron chi connectivity index (χ4n) is 1.74. The largest absolute Gasteiger partial charge is 0.370 e. The predicted molar refractivity (Wildman–Crippen MR) is 77.1 cm³/mol. The number of nitrogens with one attached hydrogen (secondary N) is 1. The molecule has 106 valence electrons. The van der Waals surface area contributed by atoms with E-state index in [9.17, 15) is 4.79 Å². The van der Waals surface area contributed by atoms with E-state index in [1.165, 1.54) is 6.33 Å². The summed E-state index contributed by atoms with van der Waals surface area (Å²) in [4.78, 5) is 21.4. The van der Waals surface area contributed by atoms with Crippen LogP contribution in [0.5, 0.6) is 0 Å². The fourth-order valence-corrected chi connectivity index (χ4v) is 1.74. The molecule has 3 N–H and O–H groups in total. The predicted octanol–water partition coefficient (Wildman–Crippen LogP) is 1.25. The zero-order valence-corrected chi connectivity index (χ0v) is 11.9. The summed E-state index contributed by atoms with van der Waals surface area (Å²) < 4.78 is 0. The molecular weight excluding hydrogens is 242 g/mol. The summed E-state index contributed by atoms with van der Waals surface area (Å²) in [7, 11) is 0. The third kappa shape index (κ3) is 5.54. The van der Waals surface area contributed by atoms with Gasteiger partial charge in [0.2, 0.25) is 5.91 Å². The van der Waals surface area contributed by atoms with E-state index >= 15 is 0 Å². The van der Waals surface area contributed by atoms with Crippen LogP contribution in [0.15, 0.2) is 12.4 Å². The Kier molecular flexibility index (Phi) is 6.05. The Hall–Kier alpha value is -1.85. The van der Waals surface area contributed by atoms with Crippen LogP contribution < -0.4 is 16.0 Å². The van der Waals surface area contributed by atoms with Gasteiger partial charge in [0, 0.05) is 19.2 Å². The number of aromatic nitrogens is 2. The van der Waals surface area contributed by atoms with Gasteiger partial charge in [0.1, 0.15) is 18.0 Å². The number of nitrogens with two attached hydrogens (primary N) is 1. The Balaban J connectivity index is 2.84. The van der Waals surface area contributed by atoms with Crippen molar-refractivity contribution in [3.05, 3.63) is 12.4 Å². The summed E-state index contributed by atoms with van der Waals surface area (Å²) in [5.74, 6) is 1.55. The highest BCUT2D eigenvalue weighted by molar-refractivity contribution is 5.79. The zero-order valence-electron chi connectivity index (χ0n) is 11.9. The number of carbonyl (C=O) groups excluding carboxylic acids is 1. The lowest BCUT2D eigenvalue weighted by Crippen LogP contribution is -2.36. The van der Waals surface area contributed by atoms with Crippen LogP contribution >= 0.6 is 0 Å². The second kappa shape index (κ2) is 7.56. The van der Waals surface area contributed by atoms with Crippen molar-refractivity contribution in [2.75, 3.05) is 29.9 Å². The van der Waals surface area contributed by atoms with Crippen molar-refractivity contribution in [2.45, 2.75) is 27.2 Å². The number of rotatable bonds is 8. The van der Waals surface area contributed by atoms with Crippen LogP contribution in [-0.2, 0) is 4.79 Å². The average molecular weight is 265 g/mol. The van der Waals surface area contributed by atoms with Crippen molar-refractivity contribution < 1.29 is 4.79 Å². The summed E-state index contributed by atoms with van der Waals surface area (Å²) in [5.41, 5.74) is 5.29. The first-order valence-corrected chi connectivity index (χ1v) is 6.62. The maximum atomic E-state index is 11.1. The summed E-state index contributed by atoms with van der Waals surface area (Å²) in [6.07, 6.45) is 2.53. The molecule has 1 heterocycles. The lowest BCUT2D eigenvalue weighted by atomic mass is 10.2. The van der Waals surface area contributed by atoms with Gasteiger partial charge in [0.05, 0.1) is 6.54 Å². The number of amides is 1. The second-order valence-corrected chi connectivity index (χ2v) is 4.93. The van der Waals surface area contributed by atoms with Crippen LogP contribution in [0.2, 0.25) is 0 Å². The van der Waals surface area contributed by atoms with Gasteiger partial charge in [-0.05, 0) is 12.3 Å². The number of hydrogen-bond acceptors (Lipinski definition) is 5. The fraction of sp³-hybridized carbons (Fsp3) is 0.615. The first kappa shape index (κ1) is 15.2. The van der Waals surface area contributed by atoms with Crippen LogP contribution in [0, 0.1) is 5.92 Å². The molecule has 0 unspecified atom stereocenters. The smallest absolute Gasteiger partial charge is 0.236 e. The molecule has 1 aromatic rings. The topological polar surface area (TPSA) is 84.1 Å². The van der Waals surface area contributed by atoms with Crippen molar-refractivity contribution in [3.63, 3.8) is 0 Å². The van der Waals surface area contributed by atoms with Crippen molar-refractivity contribution in [2.24, 2.45) is 11.7 Å². The van der Waals surface area contributed by atoms with Crippen molar-refractivity contribution in [1.82, 2.24) is 9.97 Å². The molecule has 19 heavy (non-hydrogen) atoms. The van der Waals surface area contributed by atoms with Crippen LogP contribution in [0.25, 0.3) is 0 Å². The van der Waals surface area contributed by atoms with Gasteiger partial charge in [-0.3, -0.25) is 4.79 Å². The highest BCUT2D eigenvalue weighted by atomic mass is 16.1. The SMILES string of the molecule is CCCNc1cc(N(CC(N)=O)CC(C)C)ncn1. The first-order chi connectivity index (χ1) is 9.02. The molecule has 1 amide bonds. The number of primary amides is 1. The second-order valence-electron chi connectivity index (χ2n) is 4.93. The highest BCUT2D eigenvalue weighted by Gasteiger charge is 2.13. The van der Waals surface area contributed by atoms with E-state index in [4.69, 9.17) is 5.73 Å². The van der Waals surface area contributed by atoms with E-state index in [2.05, 4.69) is 36.1 Å². The third-order valence-electron chi connectivity index (χ3n) is 2.46. The zero-order chi connectivity index (χ0) is 14.3. The molecule has 0 fully saturated rings. The molecule has 0 aliphatic rings. The molecule has 0 saturated carbocycles. The third-order valence-corrected chi connectivity index (χ3v) is 2.46. The van der Waals surface area contributed by atoms with Crippen LogP contribution in [0.4, 0.5) is 11.6 Å². The molecule has 0 saturated heterocycles. The molecule has 0 radical (unpaired) electrons. The number of carbonyl (C=O) groups is 1. The van der Waals surface area contributed by atoms with Gasteiger partial charge >= 0.3 is 0 Å². The minimum Gasteiger partial charge on any atom is -0.370 e. The Morgan fingerprint density at radius 2 is 2.21 bits per heavy atom. The first-order valence-electron chi connectivity index (χ1n) is 6.62. The van der Waals surface area contributed by atoms with Gasteiger partial charge in [-0.1, -0.05) is 20.8 Å². The molecule has 0 aliphatic heterocycles.